The number of amides is 2. The van der Waals surface area contributed by atoms with Crippen LogP contribution in [0.5, 0.6) is 0 Å². The lowest BCUT2D eigenvalue weighted by atomic mass is 9.96. The van der Waals surface area contributed by atoms with Gasteiger partial charge in [-0.1, -0.05) is 68.8 Å². The molecule has 3 rings (SSSR count). The summed E-state index contributed by atoms with van der Waals surface area (Å²) in [5, 5.41) is 7.91. The van der Waals surface area contributed by atoms with Crippen LogP contribution in [-0.4, -0.2) is 28.9 Å². The van der Waals surface area contributed by atoms with Crippen LogP contribution >= 0.6 is 0 Å². The Morgan fingerprint density at radius 1 is 1.03 bits per heavy atom. The Balaban J connectivity index is 1.80. The third kappa shape index (κ3) is 5.82. The molecule has 2 amide bonds. The predicted molar refractivity (Wildman–Crippen MR) is 128 cm³/mol. The van der Waals surface area contributed by atoms with Gasteiger partial charge in [0.1, 0.15) is 11.9 Å². The summed E-state index contributed by atoms with van der Waals surface area (Å²) in [5.41, 5.74) is 13.5. The number of hydrogen-bond acceptors (Lipinski definition) is 5. The maximum absolute atomic E-state index is 13.1. The second-order valence-corrected chi connectivity index (χ2v) is 8.12. The van der Waals surface area contributed by atoms with Crippen molar-refractivity contribution in [3.8, 4) is 0 Å². The van der Waals surface area contributed by atoms with Crippen LogP contribution in [0.4, 0.5) is 5.82 Å². The minimum atomic E-state index is -0.759. The molecule has 0 spiro atoms. The summed E-state index contributed by atoms with van der Waals surface area (Å²) < 4.78 is 0. The third-order valence-corrected chi connectivity index (χ3v) is 5.81. The molecule has 0 aliphatic carbocycles. The highest BCUT2D eigenvalue weighted by Gasteiger charge is 2.26. The van der Waals surface area contributed by atoms with E-state index in [1.165, 1.54) is 0 Å². The fourth-order valence-corrected chi connectivity index (χ4v) is 3.53. The van der Waals surface area contributed by atoms with Crippen molar-refractivity contribution in [3.63, 3.8) is 0 Å². The van der Waals surface area contributed by atoms with E-state index >= 15 is 0 Å². The van der Waals surface area contributed by atoms with Gasteiger partial charge in [-0.3, -0.25) is 9.59 Å². The fraction of sp³-hybridized carbons (Fsp3) is 0.320. The quantitative estimate of drug-likeness (QED) is 0.413. The maximum Gasteiger partial charge on any atom is 0.243 e. The van der Waals surface area contributed by atoms with Crippen LogP contribution in [0, 0.1) is 5.92 Å². The first kappa shape index (κ1) is 23.2. The van der Waals surface area contributed by atoms with Gasteiger partial charge >= 0.3 is 0 Å². The number of aromatic nitrogens is 1. The molecule has 0 fully saturated rings. The zero-order valence-corrected chi connectivity index (χ0v) is 18.5. The number of carbonyl (C=O) groups excluding carboxylic acids is 2. The molecule has 1 heterocycles. The molecular weight excluding hydrogens is 402 g/mol. The van der Waals surface area contributed by atoms with E-state index in [0.717, 1.165) is 28.3 Å². The SMILES string of the molecule is CCC(C)[C@@H](N)C(=O)N[C@@H](Cc1cccc2ccccc12)C(=O)NCc1ccc(N)nc1. The summed E-state index contributed by atoms with van der Waals surface area (Å²) in [5.74, 6) is -0.175. The standard InChI is InChI=1S/C25H31N5O2/c1-3-16(2)23(27)25(32)30-21(24(31)29-15-17-11-12-22(26)28-14-17)13-19-9-6-8-18-7-4-5-10-20(18)19/h4-12,14,16,21,23H,3,13,15,27H2,1-2H3,(H2,26,28)(H,29,31)(H,30,32)/t16?,21-,23+/m0/s1. The van der Waals surface area contributed by atoms with Crippen LogP contribution < -0.4 is 22.1 Å². The van der Waals surface area contributed by atoms with E-state index in [2.05, 4.69) is 15.6 Å². The van der Waals surface area contributed by atoms with Crippen LogP contribution in [0.3, 0.4) is 0 Å². The first-order valence-corrected chi connectivity index (χ1v) is 10.9. The molecule has 1 unspecified atom stereocenters. The first-order chi connectivity index (χ1) is 15.4. The summed E-state index contributed by atoms with van der Waals surface area (Å²) in [6.07, 6.45) is 2.75. The van der Waals surface area contributed by atoms with Crippen LogP contribution in [-0.2, 0) is 22.6 Å². The summed E-state index contributed by atoms with van der Waals surface area (Å²) in [6, 6.07) is 16.0. The Kier molecular flexibility index (Phi) is 7.78. The molecule has 2 aromatic carbocycles. The van der Waals surface area contributed by atoms with Crippen molar-refractivity contribution in [3.05, 3.63) is 71.9 Å². The van der Waals surface area contributed by atoms with E-state index in [1.807, 2.05) is 56.3 Å². The Bertz CT molecular complexity index is 1060. The normalized spacial score (nSPS) is 13.8. The Morgan fingerprint density at radius 2 is 1.78 bits per heavy atom. The summed E-state index contributed by atoms with van der Waals surface area (Å²) in [6.45, 7) is 4.20. The largest absolute Gasteiger partial charge is 0.384 e. The van der Waals surface area contributed by atoms with E-state index in [1.54, 1.807) is 18.3 Å². The molecule has 3 aromatic rings. The number of pyridine rings is 1. The number of rotatable bonds is 9. The summed E-state index contributed by atoms with van der Waals surface area (Å²) in [7, 11) is 0. The molecule has 0 saturated heterocycles. The molecule has 7 nitrogen and oxygen atoms in total. The molecule has 0 aliphatic rings. The first-order valence-electron chi connectivity index (χ1n) is 10.9. The Labute approximate surface area is 188 Å². The number of fused-ring (bicyclic) bond motifs is 1. The number of nitrogen functional groups attached to an aromatic ring is 1. The number of hydrogen-bond donors (Lipinski definition) is 4. The van der Waals surface area contributed by atoms with Gasteiger partial charge in [-0.15, -0.1) is 0 Å². The van der Waals surface area contributed by atoms with Gasteiger partial charge in [0.05, 0.1) is 6.04 Å². The highest BCUT2D eigenvalue weighted by Crippen LogP contribution is 2.20. The van der Waals surface area contributed by atoms with Crippen molar-refractivity contribution in [1.29, 1.82) is 0 Å². The molecule has 0 bridgehead atoms. The van der Waals surface area contributed by atoms with E-state index < -0.39 is 12.1 Å². The van der Waals surface area contributed by atoms with E-state index in [0.29, 0.717) is 12.2 Å². The topological polar surface area (TPSA) is 123 Å². The molecule has 3 atom stereocenters. The number of nitrogens with two attached hydrogens (primary N) is 2. The van der Waals surface area contributed by atoms with Gasteiger partial charge < -0.3 is 22.1 Å². The van der Waals surface area contributed by atoms with Gasteiger partial charge in [0.25, 0.3) is 0 Å². The number of anilines is 1. The number of carbonyl (C=O) groups is 2. The average molecular weight is 434 g/mol. The predicted octanol–water partition coefficient (Wildman–Crippen LogP) is 2.53. The minimum absolute atomic E-state index is 0.0112. The van der Waals surface area contributed by atoms with Crippen molar-refractivity contribution in [2.24, 2.45) is 11.7 Å². The smallest absolute Gasteiger partial charge is 0.243 e. The van der Waals surface area contributed by atoms with E-state index in [-0.39, 0.29) is 24.3 Å². The highest BCUT2D eigenvalue weighted by atomic mass is 16.2. The molecular formula is C25H31N5O2. The van der Waals surface area contributed by atoms with Crippen molar-refractivity contribution in [2.45, 2.75) is 45.3 Å². The average Bonchev–Trinajstić information content (AvgIpc) is 2.82. The van der Waals surface area contributed by atoms with Crippen molar-refractivity contribution < 1.29 is 9.59 Å². The number of benzene rings is 2. The van der Waals surface area contributed by atoms with Crippen LogP contribution in [0.2, 0.25) is 0 Å². The zero-order chi connectivity index (χ0) is 23.1. The minimum Gasteiger partial charge on any atom is -0.384 e. The Morgan fingerprint density at radius 3 is 2.50 bits per heavy atom. The molecule has 0 saturated carbocycles. The van der Waals surface area contributed by atoms with E-state index in [9.17, 15) is 9.59 Å². The molecule has 32 heavy (non-hydrogen) atoms. The summed E-state index contributed by atoms with van der Waals surface area (Å²) >= 11 is 0. The molecule has 7 heteroatoms. The van der Waals surface area contributed by atoms with Crippen LogP contribution in [0.15, 0.2) is 60.8 Å². The van der Waals surface area contributed by atoms with Gasteiger partial charge in [-0.25, -0.2) is 4.98 Å². The molecule has 168 valence electrons. The maximum atomic E-state index is 13.1. The molecule has 0 aliphatic heterocycles. The molecule has 6 N–H and O–H groups in total. The second-order valence-electron chi connectivity index (χ2n) is 8.12. The van der Waals surface area contributed by atoms with Crippen LogP contribution in [0.1, 0.15) is 31.4 Å². The van der Waals surface area contributed by atoms with Crippen molar-refractivity contribution in [1.82, 2.24) is 15.6 Å². The van der Waals surface area contributed by atoms with Gasteiger partial charge in [0.2, 0.25) is 11.8 Å². The third-order valence-electron chi connectivity index (χ3n) is 5.81. The number of nitrogens with zero attached hydrogens (tertiary/aromatic N) is 1. The molecule has 0 radical (unpaired) electrons. The second kappa shape index (κ2) is 10.7. The van der Waals surface area contributed by atoms with Crippen molar-refractivity contribution in [2.75, 3.05) is 5.73 Å². The Hall–Kier alpha value is -3.45. The van der Waals surface area contributed by atoms with Gasteiger partial charge in [0, 0.05) is 19.2 Å². The lowest BCUT2D eigenvalue weighted by molar-refractivity contribution is -0.130. The van der Waals surface area contributed by atoms with Gasteiger partial charge in [-0.05, 0) is 33.9 Å². The van der Waals surface area contributed by atoms with Crippen LogP contribution in [0.25, 0.3) is 10.8 Å². The molecule has 1 aromatic heterocycles. The fourth-order valence-electron chi connectivity index (χ4n) is 3.53. The number of nitrogens with one attached hydrogen (secondary N) is 2. The summed E-state index contributed by atoms with van der Waals surface area (Å²) in [4.78, 5) is 29.9. The zero-order valence-electron chi connectivity index (χ0n) is 18.5. The van der Waals surface area contributed by atoms with Crippen molar-refractivity contribution >= 4 is 28.4 Å². The lowest BCUT2D eigenvalue weighted by Crippen LogP contribution is -2.53. The monoisotopic (exact) mass is 433 g/mol. The van der Waals surface area contributed by atoms with E-state index in [4.69, 9.17) is 11.5 Å². The highest BCUT2D eigenvalue weighted by molar-refractivity contribution is 5.91. The van der Waals surface area contributed by atoms with Gasteiger partial charge in [-0.2, -0.15) is 0 Å². The van der Waals surface area contributed by atoms with Gasteiger partial charge in [0.15, 0.2) is 0 Å². The lowest BCUT2D eigenvalue weighted by Gasteiger charge is -2.23.